The summed E-state index contributed by atoms with van der Waals surface area (Å²) < 4.78 is 0. The second-order valence-electron chi connectivity index (χ2n) is 3.59. The lowest BCUT2D eigenvalue weighted by atomic mass is 10.1. The molecule has 0 aliphatic carbocycles. The third-order valence-electron chi connectivity index (χ3n) is 2.43. The van der Waals surface area contributed by atoms with Gasteiger partial charge in [-0.05, 0) is 22.8 Å². The van der Waals surface area contributed by atoms with Crippen molar-refractivity contribution in [3.05, 3.63) is 41.2 Å². The van der Waals surface area contributed by atoms with E-state index in [9.17, 15) is 4.79 Å². The number of carbonyl (C=O) groups excluding carboxylic acids is 1. The number of rotatable bonds is 4. The van der Waals surface area contributed by atoms with Crippen LogP contribution in [0.15, 0.2) is 24.3 Å². The van der Waals surface area contributed by atoms with Crippen molar-refractivity contribution < 1.29 is 4.79 Å². The minimum atomic E-state index is -0.335. The zero-order valence-corrected chi connectivity index (χ0v) is 9.47. The third kappa shape index (κ3) is 2.87. The maximum absolute atomic E-state index is 11.5. The molecule has 1 aromatic heterocycles. The van der Waals surface area contributed by atoms with E-state index in [0.717, 1.165) is 12.0 Å². The summed E-state index contributed by atoms with van der Waals surface area (Å²) in [5.74, 6) is -0.284. The lowest BCUT2D eigenvalue weighted by molar-refractivity contribution is 0.0940. The van der Waals surface area contributed by atoms with Gasteiger partial charge < -0.3 is 5.32 Å². The monoisotopic (exact) mass is 231 g/mol. The number of aromatic nitrogens is 4. The molecule has 0 spiro atoms. The van der Waals surface area contributed by atoms with E-state index in [0.29, 0.717) is 6.54 Å². The van der Waals surface area contributed by atoms with Crippen LogP contribution in [0.3, 0.4) is 0 Å². The molecule has 6 heteroatoms. The molecule has 0 saturated heterocycles. The summed E-state index contributed by atoms with van der Waals surface area (Å²) in [6.45, 7) is 2.56. The summed E-state index contributed by atoms with van der Waals surface area (Å²) in [6.07, 6.45) is 1.01. The molecule has 0 fully saturated rings. The summed E-state index contributed by atoms with van der Waals surface area (Å²) >= 11 is 0. The Morgan fingerprint density at radius 3 is 2.59 bits per heavy atom. The number of aromatic amines is 1. The fraction of sp³-hybridized carbons (Fsp3) is 0.273. The van der Waals surface area contributed by atoms with Crippen LogP contribution >= 0.6 is 0 Å². The summed E-state index contributed by atoms with van der Waals surface area (Å²) in [6, 6.07) is 8.09. The molecule has 88 valence electrons. The van der Waals surface area contributed by atoms with Gasteiger partial charge in [-0.15, -0.1) is 10.2 Å². The average molecular weight is 231 g/mol. The standard InChI is InChI=1S/C11H13N5O/c1-2-8-3-5-9(6-4-8)7-12-11(17)10-13-15-16-14-10/h3-6H,2,7H2,1H3,(H,12,17)(H,13,14,15,16). The molecule has 0 aliphatic rings. The third-order valence-corrected chi connectivity index (χ3v) is 2.43. The highest BCUT2D eigenvalue weighted by molar-refractivity contribution is 5.89. The van der Waals surface area contributed by atoms with Crippen LogP contribution in [0.5, 0.6) is 0 Å². The number of hydrogen-bond acceptors (Lipinski definition) is 4. The fourth-order valence-corrected chi connectivity index (χ4v) is 1.41. The van der Waals surface area contributed by atoms with Crippen LogP contribution in [0.1, 0.15) is 28.7 Å². The van der Waals surface area contributed by atoms with Crippen LogP contribution in [-0.2, 0) is 13.0 Å². The van der Waals surface area contributed by atoms with Gasteiger partial charge in [-0.25, -0.2) is 0 Å². The first-order chi connectivity index (χ1) is 8.29. The molecular formula is C11H13N5O. The predicted molar refractivity (Wildman–Crippen MR) is 61.2 cm³/mol. The van der Waals surface area contributed by atoms with Gasteiger partial charge >= 0.3 is 0 Å². The van der Waals surface area contributed by atoms with Crippen molar-refractivity contribution in [2.24, 2.45) is 0 Å². The smallest absolute Gasteiger partial charge is 0.293 e. The van der Waals surface area contributed by atoms with E-state index >= 15 is 0 Å². The quantitative estimate of drug-likeness (QED) is 0.811. The Morgan fingerprint density at radius 2 is 2.00 bits per heavy atom. The van der Waals surface area contributed by atoms with Gasteiger partial charge in [-0.1, -0.05) is 31.2 Å². The number of tetrazole rings is 1. The van der Waals surface area contributed by atoms with Gasteiger partial charge in [0.15, 0.2) is 0 Å². The molecule has 2 rings (SSSR count). The molecule has 0 radical (unpaired) electrons. The van der Waals surface area contributed by atoms with Gasteiger partial charge in [0, 0.05) is 6.54 Å². The van der Waals surface area contributed by atoms with Gasteiger partial charge in [-0.3, -0.25) is 4.79 Å². The van der Waals surface area contributed by atoms with Crippen molar-refractivity contribution in [3.8, 4) is 0 Å². The van der Waals surface area contributed by atoms with Crippen LogP contribution in [0.4, 0.5) is 0 Å². The summed E-state index contributed by atoms with van der Waals surface area (Å²) in [7, 11) is 0. The van der Waals surface area contributed by atoms with Crippen molar-refractivity contribution in [1.82, 2.24) is 25.9 Å². The first-order valence-corrected chi connectivity index (χ1v) is 5.39. The SMILES string of the molecule is CCc1ccc(CNC(=O)c2nn[nH]n2)cc1. The molecule has 1 amide bonds. The number of nitrogens with zero attached hydrogens (tertiary/aromatic N) is 3. The van der Waals surface area contributed by atoms with Gasteiger partial charge in [0.1, 0.15) is 0 Å². The van der Waals surface area contributed by atoms with E-state index < -0.39 is 0 Å². The molecule has 0 aliphatic heterocycles. The van der Waals surface area contributed by atoms with Crippen molar-refractivity contribution in [2.75, 3.05) is 0 Å². The summed E-state index contributed by atoms with van der Waals surface area (Å²) in [5.41, 5.74) is 2.32. The Hall–Kier alpha value is -2.24. The molecule has 2 N–H and O–H groups in total. The molecular weight excluding hydrogens is 218 g/mol. The van der Waals surface area contributed by atoms with Crippen molar-refractivity contribution >= 4 is 5.91 Å². The van der Waals surface area contributed by atoms with E-state index in [1.165, 1.54) is 5.56 Å². The van der Waals surface area contributed by atoms with Crippen LogP contribution < -0.4 is 5.32 Å². The van der Waals surface area contributed by atoms with Crippen LogP contribution in [0.25, 0.3) is 0 Å². The molecule has 1 heterocycles. The first kappa shape index (κ1) is 11.3. The number of H-pyrrole nitrogens is 1. The molecule has 0 unspecified atom stereocenters. The van der Waals surface area contributed by atoms with E-state index in [1.807, 2.05) is 12.1 Å². The highest BCUT2D eigenvalue weighted by atomic mass is 16.2. The number of hydrogen-bond donors (Lipinski definition) is 2. The second-order valence-corrected chi connectivity index (χ2v) is 3.59. The Labute approximate surface area is 98.4 Å². The number of benzene rings is 1. The van der Waals surface area contributed by atoms with E-state index in [4.69, 9.17) is 0 Å². The maximum atomic E-state index is 11.5. The zero-order chi connectivity index (χ0) is 12.1. The van der Waals surface area contributed by atoms with Gasteiger partial charge in [0.25, 0.3) is 11.7 Å². The Kier molecular flexibility index (Phi) is 3.44. The number of nitrogens with one attached hydrogen (secondary N) is 2. The van der Waals surface area contributed by atoms with Crippen LogP contribution in [-0.4, -0.2) is 26.5 Å². The topological polar surface area (TPSA) is 83.6 Å². The summed E-state index contributed by atoms with van der Waals surface area (Å²) in [4.78, 5) is 11.5. The number of carbonyl (C=O) groups is 1. The highest BCUT2D eigenvalue weighted by Gasteiger charge is 2.09. The fourth-order valence-electron chi connectivity index (χ4n) is 1.41. The van der Waals surface area contributed by atoms with Gasteiger partial charge in [0.05, 0.1) is 0 Å². The lowest BCUT2D eigenvalue weighted by Gasteiger charge is -2.03. The van der Waals surface area contributed by atoms with E-state index in [-0.39, 0.29) is 11.7 Å². The molecule has 0 saturated carbocycles. The lowest BCUT2D eigenvalue weighted by Crippen LogP contribution is -2.24. The minimum absolute atomic E-state index is 0.0511. The predicted octanol–water partition coefficient (Wildman–Crippen LogP) is 0.692. The average Bonchev–Trinajstić information content (AvgIpc) is 2.90. The molecule has 6 nitrogen and oxygen atoms in total. The van der Waals surface area contributed by atoms with Gasteiger partial charge in [-0.2, -0.15) is 5.21 Å². The molecule has 0 bridgehead atoms. The minimum Gasteiger partial charge on any atom is -0.345 e. The van der Waals surface area contributed by atoms with Crippen molar-refractivity contribution in [2.45, 2.75) is 19.9 Å². The Balaban J connectivity index is 1.91. The van der Waals surface area contributed by atoms with Crippen molar-refractivity contribution in [3.63, 3.8) is 0 Å². The van der Waals surface area contributed by atoms with Crippen LogP contribution in [0, 0.1) is 0 Å². The largest absolute Gasteiger partial charge is 0.345 e. The van der Waals surface area contributed by atoms with E-state index in [1.54, 1.807) is 0 Å². The number of amides is 1. The summed E-state index contributed by atoms with van der Waals surface area (Å²) in [5, 5.41) is 15.5. The first-order valence-electron chi connectivity index (χ1n) is 5.39. The van der Waals surface area contributed by atoms with Crippen molar-refractivity contribution in [1.29, 1.82) is 0 Å². The molecule has 1 aromatic carbocycles. The number of aryl methyl sites for hydroxylation is 1. The Morgan fingerprint density at radius 1 is 1.29 bits per heavy atom. The molecule has 2 aromatic rings. The van der Waals surface area contributed by atoms with Gasteiger partial charge in [0.2, 0.25) is 0 Å². The highest BCUT2D eigenvalue weighted by Crippen LogP contribution is 2.04. The second kappa shape index (κ2) is 5.20. The molecule has 0 atom stereocenters. The zero-order valence-electron chi connectivity index (χ0n) is 9.47. The molecule has 17 heavy (non-hydrogen) atoms. The Bertz CT molecular complexity index is 477. The van der Waals surface area contributed by atoms with Crippen LogP contribution in [0.2, 0.25) is 0 Å². The van der Waals surface area contributed by atoms with E-state index in [2.05, 4.69) is 45.0 Å². The maximum Gasteiger partial charge on any atom is 0.293 e. The normalized spacial score (nSPS) is 10.2.